The van der Waals surface area contributed by atoms with Crippen LogP contribution < -0.4 is 5.32 Å². The molecule has 0 spiro atoms. The summed E-state index contributed by atoms with van der Waals surface area (Å²) in [5.41, 5.74) is 4.14. The monoisotopic (exact) mass is 435 g/mol. The minimum absolute atomic E-state index is 0.00473. The highest BCUT2D eigenvalue weighted by Gasteiger charge is 2.26. The lowest BCUT2D eigenvalue weighted by Crippen LogP contribution is -2.46. The van der Waals surface area contributed by atoms with Crippen LogP contribution in [-0.2, 0) is 4.74 Å². The van der Waals surface area contributed by atoms with Crippen LogP contribution in [0.25, 0.3) is 16.9 Å². The number of hydrogen-bond acceptors (Lipinski definition) is 5. The number of nitrogens with one attached hydrogen (secondary N) is 1. The molecule has 0 saturated carbocycles. The highest BCUT2D eigenvalue weighted by atomic mass is 16.6. The van der Waals surface area contributed by atoms with Crippen molar-refractivity contribution in [1.29, 1.82) is 0 Å². The highest BCUT2D eigenvalue weighted by Crippen LogP contribution is 2.24. The number of ether oxygens (including phenoxy) is 1. The quantitative estimate of drug-likeness (QED) is 0.657. The summed E-state index contributed by atoms with van der Waals surface area (Å²) in [6, 6.07) is 10.3. The number of piperidine rings is 1. The lowest BCUT2D eigenvalue weighted by molar-refractivity contribution is 0.0861. The summed E-state index contributed by atoms with van der Waals surface area (Å²) in [5.74, 6) is 0.264. The third-order valence-corrected chi connectivity index (χ3v) is 5.88. The number of carbonyl (C=O) groups is 2. The van der Waals surface area contributed by atoms with Gasteiger partial charge in [0.2, 0.25) is 0 Å². The summed E-state index contributed by atoms with van der Waals surface area (Å²) >= 11 is 0. The predicted octanol–water partition coefficient (Wildman–Crippen LogP) is 3.87. The van der Waals surface area contributed by atoms with Gasteiger partial charge >= 0.3 is 6.09 Å². The van der Waals surface area contributed by atoms with E-state index in [9.17, 15) is 9.59 Å². The molecular weight excluding hydrogens is 406 g/mol. The Bertz CT molecular complexity index is 1100. The number of carbonyl (C=O) groups excluding carboxylic acids is 2. The molecule has 32 heavy (non-hydrogen) atoms. The molecule has 8 nitrogen and oxygen atoms in total. The average Bonchev–Trinajstić information content (AvgIpc) is 3.24. The van der Waals surface area contributed by atoms with Gasteiger partial charge in [0, 0.05) is 30.9 Å². The van der Waals surface area contributed by atoms with Crippen molar-refractivity contribution >= 4 is 17.6 Å². The smallest absolute Gasteiger partial charge is 0.409 e. The van der Waals surface area contributed by atoms with E-state index < -0.39 is 0 Å². The van der Waals surface area contributed by atoms with Crippen LogP contribution in [0.15, 0.2) is 42.7 Å². The second-order valence-electron chi connectivity index (χ2n) is 8.33. The molecule has 0 bridgehead atoms. The van der Waals surface area contributed by atoms with Gasteiger partial charge in [-0.3, -0.25) is 4.79 Å². The molecule has 8 heteroatoms. The summed E-state index contributed by atoms with van der Waals surface area (Å²) in [6.07, 6.45) is 4.35. The van der Waals surface area contributed by atoms with Gasteiger partial charge in [0.1, 0.15) is 5.56 Å². The molecule has 168 valence electrons. The number of benzene rings is 1. The largest absolute Gasteiger partial charge is 0.450 e. The van der Waals surface area contributed by atoms with Crippen LogP contribution in [0.2, 0.25) is 0 Å². The second kappa shape index (κ2) is 9.38. The van der Waals surface area contributed by atoms with Crippen molar-refractivity contribution < 1.29 is 14.3 Å². The third-order valence-electron chi connectivity index (χ3n) is 5.88. The van der Waals surface area contributed by atoms with Crippen molar-refractivity contribution in [2.24, 2.45) is 0 Å². The first-order valence-electron chi connectivity index (χ1n) is 11.1. The fourth-order valence-corrected chi connectivity index (χ4v) is 3.99. The van der Waals surface area contributed by atoms with Gasteiger partial charge in [-0.15, -0.1) is 0 Å². The first-order valence-corrected chi connectivity index (χ1v) is 11.1. The van der Waals surface area contributed by atoms with Crippen molar-refractivity contribution in [2.45, 2.75) is 45.6 Å². The van der Waals surface area contributed by atoms with Crippen molar-refractivity contribution in [1.82, 2.24) is 24.8 Å². The first kappa shape index (κ1) is 21.8. The number of hydrogen-bond donors (Lipinski definition) is 1. The van der Waals surface area contributed by atoms with Gasteiger partial charge in [-0.2, -0.15) is 5.10 Å². The third kappa shape index (κ3) is 4.44. The molecular formula is C24H29N5O3. The Morgan fingerprint density at radius 2 is 1.88 bits per heavy atom. The van der Waals surface area contributed by atoms with Crippen molar-refractivity contribution in [3.63, 3.8) is 0 Å². The minimum Gasteiger partial charge on any atom is -0.450 e. The van der Waals surface area contributed by atoms with Crippen LogP contribution >= 0.6 is 0 Å². The Hall–Kier alpha value is -3.42. The van der Waals surface area contributed by atoms with E-state index in [0.717, 1.165) is 11.3 Å². The molecule has 3 heterocycles. The Balaban J connectivity index is 1.48. The fourth-order valence-electron chi connectivity index (χ4n) is 3.99. The summed E-state index contributed by atoms with van der Waals surface area (Å²) in [7, 11) is 0. The number of likely N-dealkylation sites (tertiary alicyclic amines) is 1. The highest BCUT2D eigenvalue weighted by molar-refractivity contribution is 6.00. The number of fused-ring (bicyclic) bond motifs is 1. The molecule has 0 unspecified atom stereocenters. The van der Waals surface area contributed by atoms with Gasteiger partial charge in [0.05, 0.1) is 18.5 Å². The van der Waals surface area contributed by atoms with E-state index in [1.807, 2.05) is 6.07 Å². The zero-order valence-electron chi connectivity index (χ0n) is 18.7. The maximum atomic E-state index is 13.0. The van der Waals surface area contributed by atoms with Crippen LogP contribution in [0.1, 0.15) is 55.5 Å². The molecule has 0 aliphatic carbocycles. The summed E-state index contributed by atoms with van der Waals surface area (Å²) in [4.78, 5) is 30.9. The number of rotatable bonds is 5. The normalized spacial score (nSPS) is 14.7. The summed E-state index contributed by atoms with van der Waals surface area (Å²) in [6.45, 7) is 7.61. The van der Waals surface area contributed by atoms with Gasteiger partial charge in [-0.1, -0.05) is 38.1 Å². The number of nitrogens with zero attached hydrogens (tertiary/aromatic N) is 4. The molecule has 1 fully saturated rings. The van der Waals surface area contributed by atoms with E-state index in [1.54, 1.807) is 28.7 Å². The Morgan fingerprint density at radius 1 is 1.16 bits per heavy atom. The van der Waals surface area contributed by atoms with Gasteiger partial charge < -0.3 is 15.0 Å². The van der Waals surface area contributed by atoms with Gasteiger partial charge in [-0.25, -0.2) is 14.3 Å². The SMILES string of the molecule is CCOC(=O)N1CCC(NC(=O)c2cnn3c(-c4ccc(C(C)C)cc4)ccnc23)CC1. The van der Waals surface area contributed by atoms with Gasteiger partial charge in [-0.05, 0) is 37.3 Å². The van der Waals surface area contributed by atoms with Crippen molar-refractivity contribution in [3.05, 3.63) is 53.9 Å². The van der Waals surface area contributed by atoms with E-state index in [0.29, 0.717) is 49.7 Å². The standard InChI is InChI=1S/C24H29N5O3/c1-4-32-24(31)28-13-10-19(11-14-28)27-23(30)20-15-26-29-21(9-12-25-22(20)29)18-7-5-17(6-8-18)16(2)3/h5-9,12,15-16,19H,4,10-11,13-14H2,1-3H3,(H,27,30). The van der Waals surface area contributed by atoms with E-state index >= 15 is 0 Å². The van der Waals surface area contributed by atoms with Gasteiger partial charge in [0.15, 0.2) is 5.65 Å². The molecule has 2 aromatic heterocycles. The molecule has 1 aliphatic rings. The molecule has 1 aromatic carbocycles. The first-order chi connectivity index (χ1) is 15.5. The molecule has 1 saturated heterocycles. The maximum Gasteiger partial charge on any atom is 0.409 e. The molecule has 1 aliphatic heterocycles. The molecule has 0 atom stereocenters. The summed E-state index contributed by atoms with van der Waals surface area (Å²) in [5, 5.41) is 7.52. The van der Waals surface area contributed by atoms with Crippen LogP contribution in [0.4, 0.5) is 4.79 Å². The average molecular weight is 436 g/mol. The van der Waals surface area contributed by atoms with Gasteiger partial charge in [0.25, 0.3) is 5.91 Å². The Kier molecular flexibility index (Phi) is 6.39. The zero-order valence-corrected chi connectivity index (χ0v) is 18.7. The fraction of sp³-hybridized carbons (Fsp3) is 0.417. The van der Waals surface area contributed by atoms with Crippen molar-refractivity contribution in [2.75, 3.05) is 19.7 Å². The minimum atomic E-state index is -0.293. The van der Waals surface area contributed by atoms with E-state index in [2.05, 4.69) is 53.5 Å². The number of aromatic nitrogens is 3. The zero-order chi connectivity index (χ0) is 22.7. The number of amides is 2. The molecule has 3 aromatic rings. The van der Waals surface area contributed by atoms with Crippen LogP contribution in [-0.4, -0.2) is 57.2 Å². The predicted molar refractivity (Wildman–Crippen MR) is 122 cm³/mol. The lowest BCUT2D eigenvalue weighted by atomic mass is 10.0. The van der Waals surface area contributed by atoms with Crippen LogP contribution in [0.3, 0.4) is 0 Å². The van der Waals surface area contributed by atoms with E-state index in [-0.39, 0.29) is 18.0 Å². The van der Waals surface area contributed by atoms with Crippen LogP contribution in [0.5, 0.6) is 0 Å². The van der Waals surface area contributed by atoms with Crippen LogP contribution in [0, 0.1) is 0 Å². The molecule has 2 amide bonds. The maximum absolute atomic E-state index is 13.0. The molecule has 1 N–H and O–H groups in total. The second-order valence-corrected chi connectivity index (χ2v) is 8.33. The lowest BCUT2D eigenvalue weighted by Gasteiger charge is -2.31. The Labute approximate surface area is 187 Å². The molecule has 0 radical (unpaired) electrons. The topological polar surface area (TPSA) is 88.8 Å². The summed E-state index contributed by atoms with van der Waals surface area (Å²) < 4.78 is 6.76. The van der Waals surface area contributed by atoms with Crippen molar-refractivity contribution in [3.8, 4) is 11.3 Å². The molecule has 4 rings (SSSR count). The Morgan fingerprint density at radius 3 is 2.53 bits per heavy atom. The van der Waals surface area contributed by atoms with E-state index in [1.165, 1.54) is 5.56 Å². The van der Waals surface area contributed by atoms with E-state index in [4.69, 9.17) is 4.74 Å².